The van der Waals surface area contributed by atoms with Gasteiger partial charge in [0.2, 0.25) is 0 Å². The molecular weight excluding hydrogens is 448 g/mol. The van der Waals surface area contributed by atoms with Crippen LogP contribution in [0.5, 0.6) is 0 Å². The van der Waals surface area contributed by atoms with Crippen LogP contribution in [0.15, 0.2) is 72.8 Å². The molecular formula is C30H34N4O2. The number of urea groups is 1. The smallest absolute Gasteiger partial charge is 0.326 e. The number of amides is 3. The van der Waals surface area contributed by atoms with Gasteiger partial charge in [-0.25, -0.2) is 4.79 Å². The monoisotopic (exact) mass is 482 g/mol. The van der Waals surface area contributed by atoms with Gasteiger partial charge in [-0.2, -0.15) is 0 Å². The Bertz CT molecular complexity index is 1240. The van der Waals surface area contributed by atoms with Crippen LogP contribution in [0.2, 0.25) is 0 Å². The number of carbonyl (C=O) groups excluding carboxylic acids is 2. The first-order chi connectivity index (χ1) is 17.5. The summed E-state index contributed by atoms with van der Waals surface area (Å²) in [6, 6.07) is 24.0. The molecule has 6 heteroatoms. The van der Waals surface area contributed by atoms with Gasteiger partial charge in [0.05, 0.1) is 0 Å². The van der Waals surface area contributed by atoms with Crippen molar-refractivity contribution in [2.75, 3.05) is 41.3 Å². The summed E-state index contributed by atoms with van der Waals surface area (Å²) in [7, 11) is 0. The van der Waals surface area contributed by atoms with Crippen LogP contribution in [0.1, 0.15) is 41.3 Å². The van der Waals surface area contributed by atoms with Crippen LogP contribution < -0.4 is 15.1 Å². The third-order valence-corrected chi connectivity index (χ3v) is 7.24. The van der Waals surface area contributed by atoms with E-state index in [1.165, 1.54) is 16.8 Å². The lowest BCUT2D eigenvalue weighted by Crippen LogP contribution is -2.53. The average molecular weight is 483 g/mol. The molecule has 2 aliphatic rings. The fourth-order valence-corrected chi connectivity index (χ4v) is 5.30. The summed E-state index contributed by atoms with van der Waals surface area (Å²) in [5, 5.41) is 3.02. The molecule has 3 aromatic rings. The van der Waals surface area contributed by atoms with Crippen molar-refractivity contribution in [1.82, 2.24) is 4.90 Å². The molecule has 6 nitrogen and oxygen atoms in total. The third-order valence-electron chi connectivity index (χ3n) is 7.24. The second-order valence-corrected chi connectivity index (χ2v) is 9.88. The quantitative estimate of drug-likeness (QED) is 0.519. The maximum atomic E-state index is 13.2. The molecule has 0 saturated carbocycles. The first kappa shape index (κ1) is 23.9. The largest absolute Gasteiger partial charge is 0.365 e. The molecule has 1 fully saturated rings. The molecule has 0 spiro atoms. The van der Waals surface area contributed by atoms with E-state index < -0.39 is 0 Å². The highest BCUT2D eigenvalue weighted by atomic mass is 16.2. The summed E-state index contributed by atoms with van der Waals surface area (Å²) in [4.78, 5) is 32.4. The number of fused-ring (bicyclic) bond motifs is 1. The predicted octanol–water partition coefficient (Wildman–Crippen LogP) is 5.72. The normalized spacial score (nSPS) is 17.8. The van der Waals surface area contributed by atoms with Crippen molar-refractivity contribution >= 4 is 29.0 Å². The zero-order valence-electron chi connectivity index (χ0n) is 21.1. The number of benzene rings is 3. The highest BCUT2D eigenvalue weighted by Gasteiger charge is 2.28. The van der Waals surface area contributed by atoms with E-state index in [9.17, 15) is 9.59 Å². The van der Waals surface area contributed by atoms with Crippen molar-refractivity contribution in [2.45, 2.75) is 39.2 Å². The van der Waals surface area contributed by atoms with Gasteiger partial charge in [-0.1, -0.05) is 30.3 Å². The number of aryl methyl sites for hydroxylation is 2. The number of nitrogens with one attached hydrogen (secondary N) is 1. The van der Waals surface area contributed by atoms with Crippen LogP contribution in [0.3, 0.4) is 0 Å². The van der Waals surface area contributed by atoms with Crippen molar-refractivity contribution in [3.05, 3.63) is 89.5 Å². The van der Waals surface area contributed by atoms with E-state index in [1.807, 2.05) is 52.3 Å². The lowest BCUT2D eigenvalue weighted by atomic mass is 10.1. The summed E-state index contributed by atoms with van der Waals surface area (Å²) in [5.74, 6) is 0.0325. The van der Waals surface area contributed by atoms with Crippen LogP contribution in [0, 0.1) is 6.92 Å². The van der Waals surface area contributed by atoms with Gasteiger partial charge < -0.3 is 15.1 Å². The van der Waals surface area contributed by atoms with E-state index in [0.717, 1.165) is 31.5 Å². The minimum atomic E-state index is -0.135. The molecule has 2 heterocycles. The molecule has 0 unspecified atom stereocenters. The maximum Gasteiger partial charge on any atom is 0.326 e. The SMILES string of the molecule is Cc1cccc(N2CCN(C(=O)c3ccc(NC(=O)N4CCCCc5ccccc54)cc3)C[C@H]2C)c1. The number of piperazine rings is 1. The Morgan fingerprint density at radius 1 is 0.889 bits per heavy atom. The number of nitrogens with zero attached hydrogens (tertiary/aromatic N) is 3. The van der Waals surface area contributed by atoms with Gasteiger partial charge in [0.1, 0.15) is 0 Å². The first-order valence-corrected chi connectivity index (χ1v) is 12.9. The Morgan fingerprint density at radius 2 is 1.69 bits per heavy atom. The molecule has 3 aromatic carbocycles. The fraction of sp³-hybridized carbons (Fsp3) is 0.333. The minimum absolute atomic E-state index is 0.0325. The molecule has 1 atom stereocenters. The second-order valence-electron chi connectivity index (χ2n) is 9.88. The van der Waals surface area contributed by atoms with Crippen molar-refractivity contribution in [2.24, 2.45) is 0 Å². The predicted molar refractivity (Wildman–Crippen MR) is 146 cm³/mol. The van der Waals surface area contributed by atoms with Crippen molar-refractivity contribution in [3.8, 4) is 0 Å². The van der Waals surface area contributed by atoms with Gasteiger partial charge >= 0.3 is 6.03 Å². The maximum absolute atomic E-state index is 13.2. The lowest BCUT2D eigenvalue weighted by molar-refractivity contribution is 0.0726. The summed E-state index contributed by atoms with van der Waals surface area (Å²) in [6.07, 6.45) is 3.05. The molecule has 3 amide bonds. The van der Waals surface area contributed by atoms with Crippen LogP contribution in [0.25, 0.3) is 0 Å². The highest BCUT2D eigenvalue weighted by Crippen LogP contribution is 2.27. The van der Waals surface area contributed by atoms with Crippen LogP contribution >= 0.6 is 0 Å². The molecule has 0 aromatic heterocycles. The Hall–Kier alpha value is -3.80. The van der Waals surface area contributed by atoms with E-state index in [4.69, 9.17) is 0 Å². The molecule has 1 saturated heterocycles. The van der Waals surface area contributed by atoms with E-state index in [1.54, 1.807) is 0 Å². The first-order valence-electron chi connectivity index (χ1n) is 12.9. The number of para-hydroxylation sites is 1. The molecule has 2 aliphatic heterocycles. The Balaban J connectivity index is 1.22. The van der Waals surface area contributed by atoms with Gasteiger partial charge in [0, 0.05) is 54.8 Å². The molecule has 0 radical (unpaired) electrons. The van der Waals surface area contributed by atoms with Gasteiger partial charge in [-0.3, -0.25) is 9.69 Å². The summed E-state index contributed by atoms with van der Waals surface area (Å²) in [6.45, 7) is 7.14. The van der Waals surface area contributed by atoms with Gasteiger partial charge in [-0.15, -0.1) is 0 Å². The highest BCUT2D eigenvalue weighted by molar-refractivity contribution is 6.02. The number of carbonyl (C=O) groups is 2. The molecule has 1 N–H and O–H groups in total. The molecule has 0 aliphatic carbocycles. The topological polar surface area (TPSA) is 55.9 Å². The zero-order valence-corrected chi connectivity index (χ0v) is 21.1. The fourth-order valence-electron chi connectivity index (χ4n) is 5.30. The molecule has 36 heavy (non-hydrogen) atoms. The number of anilines is 3. The van der Waals surface area contributed by atoms with Gasteiger partial charge in [0.25, 0.3) is 5.91 Å². The Kier molecular flexibility index (Phi) is 6.94. The van der Waals surface area contributed by atoms with E-state index in [-0.39, 0.29) is 18.0 Å². The van der Waals surface area contributed by atoms with E-state index in [0.29, 0.717) is 30.9 Å². The number of hydrogen-bond donors (Lipinski definition) is 1. The number of rotatable bonds is 3. The van der Waals surface area contributed by atoms with Gasteiger partial charge in [0.15, 0.2) is 0 Å². The van der Waals surface area contributed by atoms with Crippen molar-refractivity contribution in [1.29, 1.82) is 0 Å². The lowest BCUT2D eigenvalue weighted by Gasteiger charge is -2.41. The van der Waals surface area contributed by atoms with E-state index in [2.05, 4.69) is 54.4 Å². The van der Waals surface area contributed by atoms with E-state index >= 15 is 0 Å². The standard InChI is InChI=1S/C30H34N4O2/c1-22-8-7-11-27(20-22)33-19-18-32(21-23(33)2)29(35)25-13-15-26(16-14-25)31-30(36)34-17-6-5-10-24-9-3-4-12-28(24)34/h3-4,7-9,11-16,20,23H,5-6,10,17-19,21H2,1-2H3,(H,31,36)/t23-/m1/s1. The van der Waals surface area contributed by atoms with Crippen molar-refractivity contribution in [3.63, 3.8) is 0 Å². The Labute approximate surface area is 213 Å². The number of hydrogen-bond acceptors (Lipinski definition) is 3. The summed E-state index contributed by atoms with van der Waals surface area (Å²) < 4.78 is 0. The third kappa shape index (κ3) is 5.08. The van der Waals surface area contributed by atoms with Crippen LogP contribution in [0.4, 0.5) is 21.9 Å². The summed E-state index contributed by atoms with van der Waals surface area (Å²) >= 11 is 0. The molecule has 5 rings (SSSR count). The second kappa shape index (κ2) is 10.4. The zero-order chi connectivity index (χ0) is 25.1. The summed E-state index contributed by atoms with van der Waals surface area (Å²) in [5.41, 5.74) is 5.98. The minimum Gasteiger partial charge on any atom is -0.365 e. The van der Waals surface area contributed by atoms with Crippen LogP contribution in [-0.4, -0.2) is 49.1 Å². The molecule has 186 valence electrons. The van der Waals surface area contributed by atoms with Crippen LogP contribution in [-0.2, 0) is 6.42 Å². The van der Waals surface area contributed by atoms with Gasteiger partial charge in [-0.05, 0) is 86.7 Å². The van der Waals surface area contributed by atoms with Crippen molar-refractivity contribution < 1.29 is 9.59 Å². The average Bonchev–Trinajstić information content (AvgIpc) is 3.11. The molecule has 0 bridgehead atoms. The Morgan fingerprint density at radius 3 is 2.47 bits per heavy atom.